The largest absolute Gasteiger partial charge is 0.393 e. The first-order valence-corrected chi connectivity index (χ1v) is 5.47. The molecule has 0 bridgehead atoms. The minimum Gasteiger partial charge on any atom is -0.393 e. The van der Waals surface area contributed by atoms with Crippen LogP contribution in [0, 0.1) is 11.8 Å². The standard InChI is InChI=1S/C11H22O/c1-3-5-6-7-9-8-10(9)11(12)4-2/h9-12H,3-8H2,1-2H3/t9-,10-,11-/m0/s1. The van der Waals surface area contributed by atoms with E-state index in [0.717, 1.165) is 12.3 Å². The maximum Gasteiger partial charge on any atom is 0.0568 e. The first-order chi connectivity index (χ1) is 5.79. The quantitative estimate of drug-likeness (QED) is 0.608. The zero-order chi connectivity index (χ0) is 8.97. The monoisotopic (exact) mass is 170 g/mol. The number of aliphatic hydroxyl groups is 1. The molecule has 72 valence electrons. The Bertz CT molecular complexity index is 122. The van der Waals surface area contributed by atoms with E-state index in [-0.39, 0.29) is 6.10 Å². The van der Waals surface area contributed by atoms with Crippen LogP contribution in [0.3, 0.4) is 0 Å². The van der Waals surface area contributed by atoms with Gasteiger partial charge in [0.2, 0.25) is 0 Å². The highest BCUT2D eigenvalue weighted by molar-refractivity contribution is 4.90. The zero-order valence-corrected chi connectivity index (χ0v) is 8.42. The zero-order valence-electron chi connectivity index (χ0n) is 8.42. The molecule has 0 radical (unpaired) electrons. The molecule has 12 heavy (non-hydrogen) atoms. The molecule has 0 aliphatic heterocycles. The van der Waals surface area contributed by atoms with Crippen molar-refractivity contribution in [2.24, 2.45) is 11.8 Å². The molecule has 1 aliphatic rings. The van der Waals surface area contributed by atoms with Gasteiger partial charge in [-0.1, -0.05) is 39.5 Å². The van der Waals surface area contributed by atoms with Gasteiger partial charge in [-0.05, 0) is 24.7 Å². The molecular weight excluding hydrogens is 148 g/mol. The van der Waals surface area contributed by atoms with Gasteiger partial charge in [0.05, 0.1) is 6.10 Å². The van der Waals surface area contributed by atoms with Crippen LogP contribution in [0.2, 0.25) is 0 Å². The molecule has 1 N–H and O–H groups in total. The maximum atomic E-state index is 9.52. The van der Waals surface area contributed by atoms with Gasteiger partial charge in [-0.2, -0.15) is 0 Å². The van der Waals surface area contributed by atoms with E-state index in [1.165, 1.54) is 32.1 Å². The lowest BCUT2D eigenvalue weighted by Crippen LogP contribution is -2.08. The molecule has 0 aromatic carbocycles. The summed E-state index contributed by atoms with van der Waals surface area (Å²) in [5.41, 5.74) is 0. The molecule has 0 aromatic rings. The van der Waals surface area contributed by atoms with E-state index in [4.69, 9.17) is 0 Å². The summed E-state index contributed by atoms with van der Waals surface area (Å²) in [5, 5.41) is 9.52. The fourth-order valence-corrected chi connectivity index (χ4v) is 2.03. The van der Waals surface area contributed by atoms with Crippen molar-refractivity contribution in [3.05, 3.63) is 0 Å². The molecule has 0 spiro atoms. The number of unbranched alkanes of at least 4 members (excludes halogenated alkanes) is 2. The second-order valence-corrected chi connectivity index (χ2v) is 4.13. The highest BCUT2D eigenvalue weighted by Gasteiger charge is 2.40. The number of aliphatic hydroxyl groups excluding tert-OH is 1. The average molecular weight is 170 g/mol. The van der Waals surface area contributed by atoms with Crippen LogP contribution in [0.15, 0.2) is 0 Å². The van der Waals surface area contributed by atoms with Gasteiger partial charge in [0, 0.05) is 0 Å². The van der Waals surface area contributed by atoms with Crippen molar-refractivity contribution in [3.63, 3.8) is 0 Å². The van der Waals surface area contributed by atoms with E-state index in [1.54, 1.807) is 0 Å². The molecule has 0 unspecified atom stereocenters. The minimum absolute atomic E-state index is 0.00312. The molecule has 0 heterocycles. The molecule has 0 saturated heterocycles. The predicted molar refractivity (Wildman–Crippen MR) is 52.0 cm³/mol. The van der Waals surface area contributed by atoms with Crippen molar-refractivity contribution in [2.45, 2.75) is 58.5 Å². The SMILES string of the molecule is CCCCC[C@H]1C[C@@H]1[C@@H](O)CC. The Hall–Kier alpha value is -0.0400. The topological polar surface area (TPSA) is 20.2 Å². The predicted octanol–water partition coefficient (Wildman–Crippen LogP) is 2.97. The van der Waals surface area contributed by atoms with Gasteiger partial charge in [0.15, 0.2) is 0 Å². The molecule has 3 atom stereocenters. The van der Waals surface area contributed by atoms with Crippen molar-refractivity contribution in [1.82, 2.24) is 0 Å². The summed E-state index contributed by atoms with van der Waals surface area (Å²) in [6.07, 6.45) is 7.63. The lowest BCUT2D eigenvalue weighted by atomic mass is 10.1. The lowest BCUT2D eigenvalue weighted by Gasteiger charge is -2.05. The molecule has 0 amide bonds. The van der Waals surface area contributed by atoms with E-state index < -0.39 is 0 Å². The van der Waals surface area contributed by atoms with Crippen molar-refractivity contribution in [3.8, 4) is 0 Å². The van der Waals surface area contributed by atoms with Crippen LogP contribution in [0.1, 0.15) is 52.4 Å². The molecule has 1 aliphatic carbocycles. The van der Waals surface area contributed by atoms with Crippen LogP contribution >= 0.6 is 0 Å². The summed E-state index contributed by atoms with van der Waals surface area (Å²) >= 11 is 0. The van der Waals surface area contributed by atoms with Gasteiger partial charge >= 0.3 is 0 Å². The highest BCUT2D eigenvalue weighted by atomic mass is 16.3. The second-order valence-electron chi connectivity index (χ2n) is 4.13. The smallest absolute Gasteiger partial charge is 0.0568 e. The van der Waals surface area contributed by atoms with E-state index >= 15 is 0 Å². The van der Waals surface area contributed by atoms with Crippen molar-refractivity contribution >= 4 is 0 Å². The number of hydrogen-bond acceptors (Lipinski definition) is 1. The summed E-state index contributed by atoms with van der Waals surface area (Å²) in [4.78, 5) is 0. The molecule has 0 aromatic heterocycles. The Labute approximate surface area is 76.2 Å². The summed E-state index contributed by atoms with van der Waals surface area (Å²) < 4.78 is 0. The van der Waals surface area contributed by atoms with Crippen LogP contribution < -0.4 is 0 Å². The summed E-state index contributed by atoms with van der Waals surface area (Å²) in [6.45, 7) is 4.32. The van der Waals surface area contributed by atoms with Crippen LogP contribution in [-0.2, 0) is 0 Å². The number of hydrogen-bond donors (Lipinski definition) is 1. The summed E-state index contributed by atoms with van der Waals surface area (Å²) in [6, 6.07) is 0. The fourth-order valence-electron chi connectivity index (χ4n) is 2.03. The highest BCUT2D eigenvalue weighted by Crippen LogP contribution is 2.45. The third-order valence-electron chi connectivity index (χ3n) is 3.07. The Morgan fingerprint density at radius 2 is 2.08 bits per heavy atom. The molecule has 1 heteroatoms. The summed E-state index contributed by atoms with van der Waals surface area (Å²) in [7, 11) is 0. The van der Waals surface area contributed by atoms with Crippen LogP contribution in [0.4, 0.5) is 0 Å². The van der Waals surface area contributed by atoms with Crippen molar-refractivity contribution in [2.75, 3.05) is 0 Å². The average Bonchev–Trinajstić information content (AvgIpc) is 2.83. The first kappa shape index (κ1) is 10.0. The molecule has 1 fully saturated rings. The second kappa shape index (κ2) is 4.86. The Morgan fingerprint density at radius 3 is 2.67 bits per heavy atom. The van der Waals surface area contributed by atoms with Crippen LogP contribution in [0.25, 0.3) is 0 Å². The first-order valence-electron chi connectivity index (χ1n) is 5.47. The summed E-state index contributed by atoms with van der Waals surface area (Å²) in [5.74, 6) is 1.53. The molecule has 1 nitrogen and oxygen atoms in total. The fraction of sp³-hybridized carbons (Fsp3) is 1.00. The van der Waals surface area contributed by atoms with Gasteiger partial charge in [-0.25, -0.2) is 0 Å². The maximum absolute atomic E-state index is 9.52. The van der Waals surface area contributed by atoms with Gasteiger partial charge in [-0.15, -0.1) is 0 Å². The van der Waals surface area contributed by atoms with Gasteiger partial charge in [0.25, 0.3) is 0 Å². The van der Waals surface area contributed by atoms with E-state index in [9.17, 15) is 5.11 Å². The van der Waals surface area contributed by atoms with Gasteiger partial charge < -0.3 is 5.11 Å². The molecule has 1 rings (SSSR count). The molecular formula is C11H22O. The van der Waals surface area contributed by atoms with Crippen LogP contribution in [0.5, 0.6) is 0 Å². The van der Waals surface area contributed by atoms with Gasteiger partial charge in [0.1, 0.15) is 0 Å². The van der Waals surface area contributed by atoms with Crippen LogP contribution in [-0.4, -0.2) is 11.2 Å². The third-order valence-corrected chi connectivity index (χ3v) is 3.07. The van der Waals surface area contributed by atoms with Crippen molar-refractivity contribution in [1.29, 1.82) is 0 Å². The molecule has 1 saturated carbocycles. The Morgan fingerprint density at radius 1 is 1.33 bits per heavy atom. The van der Waals surface area contributed by atoms with E-state index in [2.05, 4.69) is 13.8 Å². The number of rotatable bonds is 6. The Kier molecular flexibility index (Phi) is 4.07. The lowest BCUT2D eigenvalue weighted by molar-refractivity contribution is 0.139. The van der Waals surface area contributed by atoms with E-state index in [1.807, 2.05) is 0 Å². The van der Waals surface area contributed by atoms with Crippen molar-refractivity contribution < 1.29 is 5.11 Å². The third kappa shape index (κ3) is 2.78. The van der Waals surface area contributed by atoms with Gasteiger partial charge in [-0.3, -0.25) is 0 Å². The minimum atomic E-state index is -0.00312. The Balaban J connectivity index is 2.00. The van der Waals surface area contributed by atoms with E-state index in [0.29, 0.717) is 5.92 Å². The normalized spacial score (nSPS) is 30.2.